The largest absolute Gasteiger partial charge is 0.504 e. The first-order chi connectivity index (χ1) is 21.8. The van der Waals surface area contributed by atoms with Crippen molar-refractivity contribution in [1.82, 2.24) is 10.2 Å². The van der Waals surface area contributed by atoms with E-state index in [2.05, 4.69) is 27.8 Å². The summed E-state index contributed by atoms with van der Waals surface area (Å²) in [5.41, 5.74) is 1.47. The Bertz CT molecular complexity index is 1400. The fourth-order valence-corrected chi connectivity index (χ4v) is 5.18. The van der Waals surface area contributed by atoms with Crippen molar-refractivity contribution >= 4 is 23.3 Å². The van der Waals surface area contributed by atoms with Gasteiger partial charge in [0.25, 0.3) is 5.91 Å². The lowest BCUT2D eigenvalue weighted by atomic mass is 10.1. The number of piperidine rings is 1. The maximum absolute atomic E-state index is 12.9. The molecule has 0 atom stereocenters. The molecule has 0 radical (unpaired) electrons. The first-order valence-corrected chi connectivity index (χ1v) is 15.9. The topological polar surface area (TPSA) is 121 Å². The molecule has 10 heteroatoms. The molecule has 1 saturated heterocycles. The number of phenols is 1. The average Bonchev–Trinajstić information content (AvgIpc) is 3.05. The molecule has 1 fully saturated rings. The van der Waals surface area contributed by atoms with Gasteiger partial charge < -0.3 is 40.2 Å². The summed E-state index contributed by atoms with van der Waals surface area (Å²) in [5.74, 6) is 1.45. The summed E-state index contributed by atoms with van der Waals surface area (Å²) in [7, 11) is 1.53. The van der Waals surface area contributed by atoms with Gasteiger partial charge in [0, 0.05) is 42.1 Å². The van der Waals surface area contributed by atoms with Gasteiger partial charge in [0.15, 0.2) is 23.0 Å². The van der Waals surface area contributed by atoms with Crippen LogP contribution >= 0.6 is 0 Å². The predicted molar refractivity (Wildman–Crippen MR) is 177 cm³/mol. The summed E-state index contributed by atoms with van der Waals surface area (Å²) in [6.45, 7) is 9.37. The highest BCUT2D eigenvalue weighted by Gasteiger charge is 2.21. The Hall–Kier alpha value is -4.44. The number of likely N-dealkylation sites (tertiary alicyclic amines) is 1. The standard InChI is InChI=1S/C35H46N4O6/c1-5-8-19-39-20-17-29(18-21-39)44-31-15-9-24(22-30(31)40)34(41)36-26-10-13-28(14-11-26)45-32-16-12-27(23-33(32)43-4)38-35(42)37-25(6-2)7-3/h9-16,22-23,25,29,40H,5-8,17-21H2,1-4H3,(H,36,41)(H2,37,38,42). The Labute approximate surface area is 266 Å². The van der Waals surface area contributed by atoms with Crippen LogP contribution in [0, 0.1) is 0 Å². The number of benzene rings is 3. The van der Waals surface area contributed by atoms with E-state index in [1.165, 1.54) is 26.0 Å². The smallest absolute Gasteiger partial charge is 0.319 e. The highest BCUT2D eigenvalue weighted by molar-refractivity contribution is 6.04. The molecule has 1 heterocycles. The van der Waals surface area contributed by atoms with Crippen LogP contribution in [0.3, 0.4) is 0 Å². The Balaban J connectivity index is 1.30. The van der Waals surface area contributed by atoms with Crippen molar-refractivity contribution in [2.45, 2.75) is 71.4 Å². The minimum absolute atomic E-state index is 0.0504. The summed E-state index contributed by atoms with van der Waals surface area (Å²) < 4.78 is 17.5. The van der Waals surface area contributed by atoms with Gasteiger partial charge in [-0.05, 0) is 93.2 Å². The Morgan fingerprint density at radius 2 is 1.58 bits per heavy atom. The number of unbranched alkanes of at least 4 members (excludes halogenated alkanes) is 1. The molecule has 4 N–H and O–H groups in total. The maximum Gasteiger partial charge on any atom is 0.319 e. The fourth-order valence-electron chi connectivity index (χ4n) is 5.18. The predicted octanol–water partition coefficient (Wildman–Crippen LogP) is 7.40. The van der Waals surface area contributed by atoms with Crippen molar-refractivity contribution in [2.75, 3.05) is 37.4 Å². The van der Waals surface area contributed by atoms with Crippen LogP contribution in [0.15, 0.2) is 60.7 Å². The Morgan fingerprint density at radius 1 is 0.889 bits per heavy atom. The van der Waals surface area contributed by atoms with Crippen molar-refractivity contribution in [2.24, 2.45) is 0 Å². The zero-order valence-corrected chi connectivity index (χ0v) is 26.7. The second-order valence-corrected chi connectivity index (χ2v) is 11.3. The van der Waals surface area contributed by atoms with Gasteiger partial charge in [-0.25, -0.2) is 4.79 Å². The van der Waals surface area contributed by atoms with Gasteiger partial charge in [0.05, 0.1) is 7.11 Å². The minimum Gasteiger partial charge on any atom is -0.504 e. The van der Waals surface area contributed by atoms with E-state index < -0.39 is 0 Å². The normalized spacial score (nSPS) is 13.7. The SMILES string of the molecule is CCCCN1CCC(Oc2ccc(C(=O)Nc3ccc(Oc4ccc(NC(=O)NC(CC)CC)cc4OC)cc3)cc2O)CC1. The Morgan fingerprint density at radius 3 is 2.22 bits per heavy atom. The number of ether oxygens (including phenoxy) is 3. The van der Waals surface area contributed by atoms with Gasteiger partial charge in [-0.15, -0.1) is 0 Å². The fraction of sp³-hybridized carbons (Fsp3) is 0.429. The van der Waals surface area contributed by atoms with E-state index in [-0.39, 0.29) is 29.8 Å². The zero-order chi connectivity index (χ0) is 32.2. The third kappa shape index (κ3) is 9.78. The third-order valence-electron chi connectivity index (χ3n) is 7.96. The summed E-state index contributed by atoms with van der Waals surface area (Å²) in [6, 6.07) is 16.6. The van der Waals surface area contributed by atoms with Crippen LogP contribution in [0.1, 0.15) is 69.7 Å². The van der Waals surface area contributed by atoms with Crippen molar-refractivity contribution < 1.29 is 28.9 Å². The summed E-state index contributed by atoms with van der Waals surface area (Å²) >= 11 is 0. The van der Waals surface area contributed by atoms with Gasteiger partial charge in [-0.2, -0.15) is 0 Å². The van der Waals surface area contributed by atoms with Gasteiger partial charge >= 0.3 is 6.03 Å². The Kier molecular flexibility index (Phi) is 12.3. The highest BCUT2D eigenvalue weighted by atomic mass is 16.5. The number of carbonyl (C=O) groups excluding carboxylic acids is 2. The molecule has 1 aliphatic rings. The summed E-state index contributed by atoms with van der Waals surface area (Å²) in [6.07, 6.45) is 5.98. The lowest BCUT2D eigenvalue weighted by Crippen LogP contribution is -2.38. The van der Waals surface area contributed by atoms with Crippen LogP contribution in [-0.4, -0.2) is 60.8 Å². The van der Waals surface area contributed by atoms with E-state index in [4.69, 9.17) is 14.2 Å². The van der Waals surface area contributed by atoms with Crippen LogP contribution in [0.2, 0.25) is 0 Å². The van der Waals surface area contributed by atoms with Gasteiger partial charge in [-0.3, -0.25) is 4.79 Å². The van der Waals surface area contributed by atoms with Gasteiger partial charge in [0.1, 0.15) is 11.9 Å². The van der Waals surface area contributed by atoms with E-state index in [0.29, 0.717) is 39.9 Å². The highest BCUT2D eigenvalue weighted by Crippen LogP contribution is 2.35. The number of phenolic OH excluding ortho intramolecular Hbond substituents is 1. The van der Waals surface area contributed by atoms with Crippen molar-refractivity contribution in [3.05, 3.63) is 66.2 Å². The first kappa shape index (κ1) is 33.5. The molecule has 0 spiro atoms. The molecule has 0 aromatic heterocycles. The molecule has 0 saturated carbocycles. The quantitative estimate of drug-likeness (QED) is 0.149. The molecule has 0 aliphatic carbocycles. The molecule has 45 heavy (non-hydrogen) atoms. The van der Waals surface area contributed by atoms with Crippen molar-refractivity contribution in [3.63, 3.8) is 0 Å². The first-order valence-electron chi connectivity index (χ1n) is 15.9. The van der Waals surface area contributed by atoms with E-state index in [1.807, 2.05) is 13.8 Å². The molecule has 3 aromatic rings. The van der Waals surface area contributed by atoms with Crippen LogP contribution < -0.4 is 30.2 Å². The average molecular weight is 619 g/mol. The van der Waals surface area contributed by atoms with Gasteiger partial charge in [0.2, 0.25) is 0 Å². The number of urea groups is 1. The number of nitrogens with zero attached hydrogens (tertiary/aromatic N) is 1. The number of carbonyl (C=O) groups is 2. The molecular formula is C35H46N4O6. The molecule has 242 valence electrons. The van der Waals surface area contributed by atoms with E-state index >= 15 is 0 Å². The van der Waals surface area contributed by atoms with E-state index in [0.717, 1.165) is 45.3 Å². The number of amides is 3. The van der Waals surface area contributed by atoms with Gasteiger partial charge in [-0.1, -0.05) is 27.2 Å². The zero-order valence-electron chi connectivity index (χ0n) is 26.7. The number of anilines is 2. The monoisotopic (exact) mass is 618 g/mol. The molecule has 0 bridgehead atoms. The number of nitrogens with one attached hydrogen (secondary N) is 3. The second-order valence-electron chi connectivity index (χ2n) is 11.3. The number of hydrogen-bond donors (Lipinski definition) is 4. The molecule has 0 unspecified atom stereocenters. The van der Waals surface area contributed by atoms with E-state index in [1.54, 1.807) is 54.6 Å². The number of rotatable bonds is 14. The van der Waals surface area contributed by atoms with Crippen molar-refractivity contribution in [3.8, 4) is 28.7 Å². The maximum atomic E-state index is 12.9. The third-order valence-corrected chi connectivity index (χ3v) is 7.96. The molecule has 3 aromatic carbocycles. The summed E-state index contributed by atoms with van der Waals surface area (Å²) in [5, 5.41) is 19.2. The van der Waals surface area contributed by atoms with Crippen LogP contribution in [0.25, 0.3) is 0 Å². The second kappa shape index (κ2) is 16.6. The lowest BCUT2D eigenvalue weighted by molar-refractivity contribution is 0.0972. The molecule has 10 nitrogen and oxygen atoms in total. The number of methoxy groups -OCH3 is 1. The van der Waals surface area contributed by atoms with Crippen molar-refractivity contribution in [1.29, 1.82) is 0 Å². The molecule has 3 amide bonds. The number of hydrogen-bond acceptors (Lipinski definition) is 7. The molecular weight excluding hydrogens is 572 g/mol. The van der Waals surface area contributed by atoms with E-state index in [9.17, 15) is 14.7 Å². The van der Waals surface area contributed by atoms with Crippen LogP contribution in [0.5, 0.6) is 28.7 Å². The number of aromatic hydroxyl groups is 1. The lowest BCUT2D eigenvalue weighted by Gasteiger charge is -2.32. The summed E-state index contributed by atoms with van der Waals surface area (Å²) in [4.78, 5) is 27.7. The van der Waals surface area contributed by atoms with Crippen LogP contribution in [-0.2, 0) is 0 Å². The molecule has 4 rings (SSSR count). The van der Waals surface area contributed by atoms with Crippen LogP contribution in [0.4, 0.5) is 16.2 Å². The minimum atomic E-state index is -0.354. The molecule has 1 aliphatic heterocycles.